The van der Waals surface area contributed by atoms with Crippen LogP contribution >= 0.6 is 0 Å². The van der Waals surface area contributed by atoms with Crippen molar-refractivity contribution in [3.63, 3.8) is 0 Å². The average Bonchev–Trinajstić information content (AvgIpc) is 3.52. The smallest absolute Gasteiger partial charge is 0.164 e. The summed E-state index contributed by atoms with van der Waals surface area (Å²) in [5, 5.41) is 3.59. The minimum Gasteiger partial charge on any atom is -0.369 e. The molecule has 2 aliphatic heterocycles. The molecule has 0 bridgehead atoms. The summed E-state index contributed by atoms with van der Waals surface area (Å²) < 4.78 is 2.35. The van der Waals surface area contributed by atoms with E-state index in [1.54, 1.807) is 0 Å². The van der Waals surface area contributed by atoms with Gasteiger partial charge in [-0.1, -0.05) is 91.0 Å². The third-order valence-corrected chi connectivity index (χ3v) is 9.53. The Morgan fingerprint density at radius 1 is 0.674 bits per heavy atom. The summed E-state index contributed by atoms with van der Waals surface area (Å²) in [5.74, 6) is 1.67. The molecule has 6 aromatic rings. The van der Waals surface area contributed by atoms with Gasteiger partial charge >= 0.3 is 0 Å². The molecule has 2 saturated heterocycles. The second-order valence-electron chi connectivity index (χ2n) is 12.5. The van der Waals surface area contributed by atoms with E-state index < -0.39 is 0 Å². The number of benzene rings is 4. The van der Waals surface area contributed by atoms with Gasteiger partial charge in [0.1, 0.15) is 11.3 Å². The number of hydrogen-bond acceptors (Lipinski definition) is 6. The van der Waals surface area contributed by atoms with Crippen molar-refractivity contribution in [3.05, 3.63) is 109 Å². The fourth-order valence-electron chi connectivity index (χ4n) is 7.01. The van der Waals surface area contributed by atoms with Crippen molar-refractivity contribution in [2.45, 2.75) is 18.9 Å². The number of imidazole rings is 1. The zero-order valence-corrected chi connectivity index (χ0v) is 26.3. The van der Waals surface area contributed by atoms with Crippen LogP contribution in [0.5, 0.6) is 0 Å². The van der Waals surface area contributed by atoms with E-state index in [0.717, 1.165) is 85.8 Å². The fraction of sp³-hybridized carbons (Fsp3) is 0.256. The quantitative estimate of drug-likeness (QED) is 0.217. The predicted molar refractivity (Wildman–Crippen MR) is 188 cm³/mol. The van der Waals surface area contributed by atoms with Crippen LogP contribution in [0.4, 0.5) is 5.69 Å². The molecule has 4 aromatic carbocycles. The van der Waals surface area contributed by atoms with Crippen molar-refractivity contribution >= 4 is 16.9 Å². The lowest BCUT2D eigenvalue weighted by molar-refractivity contribution is 0.313. The molecule has 2 aliphatic rings. The van der Waals surface area contributed by atoms with E-state index in [4.69, 9.17) is 15.0 Å². The number of anilines is 1. The molecule has 1 N–H and O–H groups in total. The predicted octanol–water partition coefficient (Wildman–Crippen LogP) is 7.17. The van der Waals surface area contributed by atoms with E-state index in [1.165, 1.54) is 22.4 Å². The molecule has 4 heterocycles. The van der Waals surface area contributed by atoms with Gasteiger partial charge in [-0.05, 0) is 60.8 Å². The minimum absolute atomic E-state index is 0.279. The summed E-state index contributed by atoms with van der Waals surface area (Å²) in [4.78, 5) is 20.1. The van der Waals surface area contributed by atoms with E-state index in [0.29, 0.717) is 5.82 Å². The molecule has 0 amide bonds. The Bertz CT molecular complexity index is 1950. The van der Waals surface area contributed by atoms with Crippen molar-refractivity contribution in [2.75, 3.05) is 51.2 Å². The zero-order valence-electron chi connectivity index (χ0n) is 26.3. The lowest BCUT2D eigenvalue weighted by atomic mass is 9.91. The van der Waals surface area contributed by atoms with E-state index in [9.17, 15) is 0 Å². The highest BCUT2D eigenvalue weighted by Crippen LogP contribution is 2.38. The number of fused-ring (bicyclic) bond motifs is 1. The molecule has 230 valence electrons. The highest BCUT2D eigenvalue weighted by atomic mass is 15.2. The second kappa shape index (κ2) is 12.5. The van der Waals surface area contributed by atoms with Gasteiger partial charge in [0.15, 0.2) is 11.5 Å². The monoisotopic (exact) mass is 605 g/mol. The van der Waals surface area contributed by atoms with Crippen LogP contribution in [0.3, 0.4) is 0 Å². The summed E-state index contributed by atoms with van der Waals surface area (Å²) in [7, 11) is 2.20. The Balaban J connectivity index is 1.20. The first kappa shape index (κ1) is 28.6. The Kier molecular flexibility index (Phi) is 7.78. The Labute approximate surface area is 270 Å². The molecule has 2 aromatic heterocycles. The SMILES string of the molecule is CN1CCN(c2ccc(-c3ccccc3-c3ccccc3-c3ncc4nc(-c5ccccc5)n([C@H]5CCCNC5)c4n3)cc2)CC1. The average molecular weight is 606 g/mol. The van der Waals surface area contributed by atoms with Gasteiger partial charge in [-0.3, -0.25) is 0 Å². The van der Waals surface area contributed by atoms with Crippen LogP contribution in [0.1, 0.15) is 18.9 Å². The van der Waals surface area contributed by atoms with E-state index >= 15 is 0 Å². The summed E-state index contributed by atoms with van der Waals surface area (Å²) in [6.07, 6.45) is 4.12. The van der Waals surface area contributed by atoms with Crippen LogP contribution in [0.2, 0.25) is 0 Å². The fourth-order valence-corrected chi connectivity index (χ4v) is 7.01. The van der Waals surface area contributed by atoms with Crippen LogP contribution in [0.15, 0.2) is 109 Å². The van der Waals surface area contributed by atoms with Gasteiger partial charge in [0.05, 0.1) is 6.20 Å². The number of aromatic nitrogens is 4. The number of hydrogen-bond donors (Lipinski definition) is 1. The van der Waals surface area contributed by atoms with Gasteiger partial charge < -0.3 is 19.7 Å². The van der Waals surface area contributed by atoms with Gasteiger partial charge in [0, 0.05) is 55.6 Å². The molecule has 46 heavy (non-hydrogen) atoms. The molecule has 8 rings (SSSR count). The third kappa shape index (κ3) is 5.46. The normalized spacial score (nSPS) is 17.4. The maximum absolute atomic E-state index is 5.28. The lowest BCUT2D eigenvalue weighted by Crippen LogP contribution is -2.44. The first-order valence-electron chi connectivity index (χ1n) is 16.5. The summed E-state index contributed by atoms with van der Waals surface area (Å²) >= 11 is 0. The number of nitrogens with zero attached hydrogens (tertiary/aromatic N) is 6. The van der Waals surface area contributed by atoms with Gasteiger partial charge in [-0.25, -0.2) is 15.0 Å². The van der Waals surface area contributed by atoms with Crippen LogP contribution in [0.25, 0.3) is 56.2 Å². The number of likely N-dealkylation sites (N-methyl/N-ethyl adjacent to an activating group) is 1. The minimum atomic E-state index is 0.279. The maximum Gasteiger partial charge on any atom is 0.164 e. The molecule has 0 unspecified atom stereocenters. The molecular weight excluding hydrogens is 566 g/mol. The second-order valence-corrected chi connectivity index (χ2v) is 12.5. The molecule has 2 fully saturated rings. The van der Waals surface area contributed by atoms with Crippen LogP contribution in [0, 0.1) is 0 Å². The molecule has 0 spiro atoms. The van der Waals surface area contributed by atoms with Gasteiger partial charge in [0.2, 0.25) is 0 Å². The van der Waals surface area contributed by atoms with Crippen LogP contribution in [-0.2, 0) is 0 Å². The number of rotatable bonds is 6. The maximum atomic E-state index is 5.28. The highest BCUT2D eigenvalue weighted by molar-refractivity contribution is 5.91. The van der Waals surface area contributed by atoms with Crippen molar-refractivity contribution in [3.8, 4) is 45.0 Å². The number of nitrogens with one attached hydrogen (secondary N) is 1. The molecule has 7 heteroatoms. The lowest BCUT2D eigenvalue weighted by Gasteiger charge is -2.34. The first-order chi connectivity index (χ1) is 22.7. The molecule has 1 atom stereocenters. The first-order valence-corrected chi connectivity index (χ1v) is 16.5. The van der Waals surface area contributed by atoms with Crippen molar-refractivity contribution in [1.29, 1.82) is 0 Å². The van der Waals surface area contributed by atoms with Crippen molar-refractivity contribution in [1.82, 2.24) is 29.7 Å². The van der Waals surface area contributed by atoms with Crippen LogP contribution < -0.4 is 10.2 Å². The number of piperazine rings is 1. The summed E-state index contributed by atoms with van der Waals surface area (Å²) in [6, 6.07) is 37.0. The molecule has 0 saturated carbocycles. The molecule has 0 aliphatic carbocycles. The highest BCUT2D eigenvalue weighted by Gasteiger charge is 2.24. The van der Waals surface area contributed by atoms with Crippen LogP contribution in [-0.4, -0.2) is 70.7 Å². The molecule has 7 nitrogen and oxygen atoms in total. The van der Waals surface area contributed by atoms with Gasteiger partial charge in [0.25, 0.3) is 0 Å². The third-order valence-electron chi connectivity index (χ3n) is 9.53. The van der Waals surface area contributed by atoms with Gasteiger partial charge in [-0.2, -0.15) is 0 Å². The zero-order chi connectivity index (χ0) is 30.9. The molecular formula is C39H39N7. The van der Waals surface area contributed by atoms with Crippen molar-refractivity contribution in [2.24, 2.45) is 0 Å². The largest absolute Gasteiger partial charge is 0.369 e. The Morgan fingerprint density at radius 2 is 1.35 bits per heavy atom. The Hall–Kier alpha value is -4.85. The summed E-state index contributed by atoms with van der Waals surface area (Å²) in [5.41, 5.74) is 9.81. The van der Waals surface area contributed by atoms with E-state index in [-0.39, 0.29) is 6.04 Å². The Morgan fingerprint density at radius 3 is 2.07 bits per heavy atom. The summed E-state index contributed by atoms with van der Waals surface area (Å²) in [6.45, 7) is 6.28. The van der Waals surface area contributed by atoms with E-state index in [2.05, 4.69) is 124 Å². The van der Waals surface area contributed by atoms with Crippen molar-refractivity contribution < 1.29 is 0 Å². The number of piperidine rings is 1. The topological polar surface area (TPSA) is 62.1 Å². The molecule has 0 radical (unpaired) electrons. The standard InChI is InChI=1S/C39H39N7/c1-44-22-24-45(25-23-44)30-19-17-28(18-20-30)32-13-5-6-14-33(32)34-15-7-8-16-35(34)37-41-27-36-39(43-37)46(31-12-9-21-40-26-31)38(42-36)29-10-3-2-4-11-29/h2-8,10-11,13-20,27,31,40H,9,12,21-26H2,1H3/t31-/m0/s1. The van der Waals surface area contributed by atoms with E-state index in [1.807, 2.05) is 12.3 Å². The van der Waals surface area contributed by atoms with Gasteiger partial charge in [-0.15, -0.1) is 0 Å².